The fourth-order valence-corrected chi connectivity index (χ4v) is 3.37. The molecule has 3 amide bonds. The lowest BCUT2D eigenvalue weighted by Gasteiger charge is -2.27. The highest BCUT2D eigenvalue weighted by atomic mass is 19.4. The molecule has 1 aliphatic heterocycles. The Bertz CT molecular complexity index is 975. The minimum Gasteiger partial charge on any atom is -0.356 e. The predicted octanol–water partition coefficient (Wildman–Crippen LogP) is 3.02. The van der Waals surface area contributed by atoms with Gasteiger partial charge in [-0.25, -0.2) is 13.6 Å². The maximum atomic E-state index is 13.9. The lowest BCUT2D eigenvalue weighted by molar-refractivity contribution is -0.139. The van der Waals surface area contributed by atoms with E-state index in [4.69, 9.17) is 0 Å². The Morgan fingerprint density at radius 2 is 2.10 bits per heavy atom. The first-order chi connectivity index (χ1) is 14.6. The summed E-state index contributed by atoms with van der Waals surface area (Å²) in [5.41, 5.74) is 0.445. The summed E-state index contributed by atoms with van der Waals surface area (Å²) in [5, 5.41) is 8.98. The molecule has 0 bridgehead atoms. The molecule has 0 fully saturated rings. The first kappa shape index (κ1) is 22.5. The van der Waals surface area contributed by atoms with Crippen LogP contribution in [0.4, 0.5) is 32.4 Å². The summed E-state index contributed by atoms with van der Waals surface area (Å²) in [6.45, 7) is 1.90. The average molecular weight is 445 g/mol. The maximum Gasteiger partial charge on any atom is 0.419 e. The molecule has 31 heavy (non-hydrogen) atoms. The van der Waals surface area contributed by atoms with Gasteiger partial charge in [-0.15, -0.1) is 0 Å². The smallest absolute Gasteiger partial charge is 0.356 e. The van der Waals surface area contributed by atoms with Crippen LogP contribution >= 0.6 is 0 Å². The van der Waals surface area contributed by atoms with Crippen LogP contribution in [0.25, 0.3) is 0 Å². The van der Waals surface area contributed by atoms with Crippen LogP contribution in [0.5, 0.6) is 0 Å². The van der Waals surface area contributed by atoms with Crippen molar-refractivity contribution in [3.63, 3.8) is 0 Å². The number of carbonyl (C=O) groups is 2. The van der Waals surface area contributed by atoms with Crippen molar-refractivity contribution >= 4 is 18.1 Å². The zero-order chi connectivity index (χ0) is 22.8. The SMILES string of the molecule is Cc1c2c(nn1CC(F)CNC=O)CCN(C(=O)Nc1ccc(F)c(C(F)(F)F)c1)C2. The largest absolute Gasteiger partial charge is 0.419 e. The predicted molar refractivity (Wildman–Crippen MR) is 100 cm³/mol. The molecule has 0 saturated carbocycles. The molecule has 1 aromatic heterocycles. The zero-order valence-corrected chi connectivity index (χ0v) is 16.5. The summed E-state index contributed by atoms with van der Waals surface area (Å²) < 4.78 is 67.5. The zero-order valence-electron chi connectivity index (χ0n) is 16.5. The Balaban J connectivity index is 1.69. The molecule has 0 spiro atoms. The van der Waals surface area contributed by atoms with Crippen molar-refractivity contribution in [1.29, 1.82) is 0 Å². The fraction of sp³-hybridized carbons (Fsp3) is 0.421. The van der Waals surface area contributed by atoms with Gasteiger partial charge in [-0.05, 0) is 25.1 Å². The number of hydrogen-bond acceptors (Lipinski definition) is 3. The van der Waals surface area contributed by atoms with E-state index in [1.807, 2.05) is 0 Å². The van der Waals surface area contributed by atoms with Crippen molar-refractivity contribution in [3.05, 3.63) is 46.5 Å². The van der Waals surface area contributed by atoms with E-state index in [0.29, 0.717) is 36.4 Å². The highest BCUT2D eigenvalue weighted by Gasteiger charge is 2.34. The second kappa shape index (κ2) is 8.90. The summed E-state index contributed by atoms with van der Waals surface area (Å²) in [6, 6.07) is 1.60. The van der Waals surface area contributed by atoms with Gasteiger partial charge in [-0.1, -0.05) is 0 Å². The van der Waals surface area contributed by atoms with Gasteiger partial charge in [-0.3, -0.25) is 9.48 Å². The molecule has 3 rings (SSSR count). The van der Waals surface area contributed by atoms with Crippen LogP contribution in [0.1, 0.15) is 22.5 Å². The van der Waals surface area contributed by atoms with Gasteiger partial charge in [0.25, 0.3) is 0 Å². The highest BCUT2D eigenvalue weighted by molar-refractivity contribution is 5.89. The normalized spacial score (nSPS) is 14.7. The number of aromatic nitrogens is 2. The molecule has 1 unspecified atom stereocenters. The Hall–Kier alpha value is -3.18. The van der Waals surface area contributed by atoms with Crippen LogP contribution < -0.4 is 10.6 Å². The molecule has 2 N–H and O–H groups in total. The van der Waals surface area contributed by atoms with E-state index in [1.165, 1.54) is 9.58 Å². The van der Waals surface area contributed by atoms with Crippen LogP contribution in [-0.2, 0) is 30.5 Å². The number of nitrogens with one attached hydrogen (secondary N) is 2. The van der Waals surface area contributed by atoms with Crippen LogP contribution in [0.2, 0.25) is 0 Å². The quantitative estimate of drug-likeness (QED) is 0.530. The van der Waals surface area contributed by atoms with Gasteiger partial charge < -0.3 is 15.5 Å². The third kappa shape index (κ3) is 5.12. The molecule has 1 aliphatic rings. The minimum absolute atomic E-state index is 0.0678. The number of nitrogens with zero attached hydrogens (tertiary/aromatic N) is 3. The number of halogens is 5. The van der Waals surface area contributed by atoms with Crippen LogP contribution in [-0.4, -0.2) is 46.4 Å². The molecule has 0 aliphatic carbocycles. The molecule has 0 radical (unpaired) electrons. The third-order valence-electron chi connectivity index (χ3n) is 4.99. The van der Waals surface area contributed by atoms with Crippen LogP contribution in [0.15, 0.2) is 18.2 Å². The molecule has 168 valence electrons. The summed E-state index contributed by atoms with van der Waals surface area (Å²) in [5.74, 6) is -1.43. The number of amides is 3. The van der Waals surface area contributed by atoms with Crippen molar-refractivity contribution in [2.24, 2.45) is 0 Å². The first-order valence-electron chi connectivity index (χ1n) is 9.39. The van der Waals surface area contributed by atoms with E-state index in [1.54, 1.807) is 6.92 Å². The van der Waals surface area contributed by atoms with E-state index in [-0.39, 0.29) is 31.9 Å². The van der Waals surface area contributed by atoms with Gasteiger partial charge in [0.2, 0.25) is 6.41 Å². The monoisotopic (exact) mass is 445 g/mol. The summed E-state index contributed by atoms with van der Waals surface area (Å²) >= 11 is 0. The summed E-state index contributed by atoms with van der Waals surface area (Å²) in [6.07, 6.45) is -5.43. The molecular formula is C19H20F5N5O2. The Morgan fingerprint density at radius 3 is 2.77 bits per heavy atom. The van der Waals surface area contributed by atoms with Gasteiger partial charge in [0.1, 0.15) is 12.0 Å². The molecule has 1 aromatic carbocycles. The van der Waals surface area contributed by atoms with E-state index >= 15 is 0 Å². The van der Waals surface area contributed by atoms with Gasteiger partial charge >= 0.3 is 12.2 Å². The van der Waals surface area contributed by atoms with Crippen molar-refractivity contribution in [2.45, 2.75) is 38.8 Å². The maximum absolute atomic E-state index is 13.9. The van der Waals surface area contributed by atoms with Gasteiger partial charge in [0.05, 0.1) is 30.9 Å². The van der Waals surface area contributed by atoms with Crippen molar-refractivity contribution < 1.29 is 31.5 Å². The standard InChI is InChI=1S/C19H20F5N5O2/c1-11-14-9-28(5-4-17(14)27-29(11)8-12(20)7-25-10-30)18(31)26-13-2-3-16(21)15(6-13)19(22,23)24/h2-3,6,10,12H,4-5,7-9H2,1H3,(H,25,30)(H,26,31). The van der Waals surface area contributed by atoms with Crippen LogP contribution in [0.3, 0.4) is 0 Å². The molecule has 2 aromatic rings. The van der Waals surface area contributed by atoms with Crippen LogP contribution in [0, 0.1) is 12.7 Å². The summed E-state index contributed by atoms with van der Waals surface area (Å²) in [4.78, 5) is 24.2. The fourth-order valence-electron chi connectivity index (χ4n) is 3.37. The van der Waals surface area contributed by atoms with E-state index < -0.39 is 29.8 Å². The molecule has 7 nitrogen and oxygen atoms in total. The Labute approximate surface area is 174 Å². The number of rotatable bonds is 6. The van der Waals surface area contributed by atoms with E-state index in [2.05, 4.69) is 15.7 Å². The number of alkyl halides is 4. The van der Waals surface area contributed by atoms with E-state index in [0.717, 1.165) is 11.6 Å². The topological polar surface area (TPSA) is 79.3 Å². The molecule has 0 saturated heterocycles. The van der Waals surface area contributed by atoms with Crippen molar-refractivity contribution in [2.75, 3.05) is 18.4 Å². The molecule has 1 atom stereocenters. The molecule has 12 heteroatoms. The Kier molecular flexibility index (Phi) is 6.46. The number of hydrogen-bond donors (Lipinski definition) is 2. The number of benzene rings is 1. The first-order valence-corrected chi connectivity index (χ1v) is 9.39. The lowest BCUT2D eigenvalue weighted by atomic mass is 10.1. The number of anilines is 1. The molecule has 2 heterocycles. The lowest BCUT2D eigenvalue weighted by Crippen LogP contribution is -2.39. The van der Waals surface area contributed by atoms with Gasteiger partial charge in [-0.2, -0.15) is 18.3 Å². The average Bonchev–Trinajstić information content (AvgIpc) is 3.01. The van der Waals surface area contributed by atoms with Gasteiger partial charge in [0.15, 0.2) is 0 Å². The number of fused-ring (bicyclic) bond motifs is 1. The second-order valence-electron chi connectivity index (χ2n) is 7.11. The van der Waals surface area contributed by atoms with Crippen molar-refractivity contribution in [3.8, 4) is 0 Å². The number of carbonyl (C=O) groups excluding carboxylic acids is 2. The van der Waals surface area contributed by atoms with Gasteiger partial charge in [0, 0.05) is 29.9 Å². The summed E-state index contributed by atoms with van der Waals surface area (Å²) in [7, 11) is 0. The molecular weight excluding hydrogens is 425 g/mol. The third-order valence-corrected chi connectivity index (χ3v) is 4.99. The second-order valence-corrected chi connectivity index (χ2v) is 7.11. The highest BCUT2D eigenvalue weighted by Crippen LogP contribution is 2.33. The number of urea groups is 1. The van der Waals surface area contributed by atoms with Crippen molar-refractivity contribution in [1.82, 2.24) is 20.0 Å². The van der Waals surface area contributed by atoms with E-state index in [9.17, 15) is 31.5 Å². The minimum atomic E-state index is -4.88. The Morgan fingerprint density at radius 1 is 1.35 bits per heavy atom.